The predicted molar refractivity (Wildman–Crippen MR) is 141 cm³/mol. The number of rotatable bonds is 5. The zero-order chi connectivity index (χ0) is 25.1. The number of nitrogens with one attached hydrogen (secondary N) is 1. The maximum absolute atomic E-state index is 13.6. The van der Waals surface area contributed by atoms with Crippen LogP contribution in [0.5, 0.6) is 11.5 Å². The van der Waals surface area contributed by atoms with Gasteiger partial charge in [-0.2, -0.15) is 0 Å². The van der Waals surface area contributed by atoms with Gasteiger partial charge in [0, 0.05) is 29.4 Å². The first-order valence-corrected chi connectivity index (χ1v) is 11.7. The molecule has 0 spiro atoms. The van der Waals surface area contributed by atoms with Gasteiger partial charge < -0.3 is 19.7 Å². The van der Waals surface area contributed by atoms with Crippen LogP contribution >= 0.6 is 0 Å². The van der Waals surface area contributed by atoms with Gasteiger partial charge in [0.15, 0.2) is 0 Å². The monoisotopic (exact) mass is 478 g/mol. The Hall–Kier alpha value is -4.58. The summed E-state index contributed by atoms with van der Waals surface area (Å²) in [6.07, 6.45) is 0.772. The molecule has 1 heterocycles. The van der Waals surface area contributed by atoms with Crippen molar-refractivity contribution in [1.29, 1.82) is 0 Å². The van der Waals surface area contributed by atoms with Gasteiger partial charge in [-0.05, 0) is 60.0 Å². The van der Waals surface area contributed by atoms with Crippen molar-refractivity contribution >= 4 is 23.2 Å². The average molecular weight is 479 g/mol. The lowest BCUT2D eigenvalue weighted by molar-refractivity contribution is 0.0986. The topological polar surface area (TPSA) is 67.9 Å². The maximum Gasteiger partial charge on any atom is 0.259 e. The highest BCUT2D eigenvalue weighted by molar-refractivity contribution is 6.09. The molecule has 5 rings (SSSR count). The number of nitrogens with zero attached hydrogens (tertiary/aromatic N) is 1. The molecule has 0 unspecified atom stereocenters. The molecule has 1 N–H and O–H groups in total. The molecule has 0 saturated heterocycles. The number of methoxy groups -OCH3 is 2. The van der Waals surface area contributed by atoms with E-state index in [9.17, 15) is 9.59 Å². The number of benzene rings is 4. The standard InChI is InChI=1S/C30H26N2O4/c1-35-23-15-16-26(28(19-23)36-2)29(33)31-22-13-11-21(12-14-22)30(34)32-18-17-20-7-3-4-8-24(20)25-9-5-6-10-27(25)32/h3-16,19H,17-18H2,1-2H3,(H,31,33). The zero-order valence-corrected chi connectivity index (χ0v) is 20.2. The molecule has 6 nitrogen and oxygen atoms in total. The largest absolute Gasteiger partial charge is 0.497 e. The first-order chi connectivity index (χ1) is 17.6. The molecule has 0 fully saturated rings. The number of anilines is 2. The second-order valence-corrected chi connectivity index (χ2v) is 8.48. The Bertz CT molecular complexity index is 1430. The minimum Gasteiger partial charge on any atom is -0.497 e. The third kappa shape index (κ3) is 4.41. The molecule has 0 bridgehead atoms. The summed E-state index contributed by atoms with van der Waals surface area (Å²) in [6.45, 7) is 0.586. The van der Waals surface area contributed by atoms with Gasteiger partial charge in [-0.25, -0.2) is 0 Å². The molecule has 2 amide bonds. The fraction of sp³-hybridized carbons (Fsp3) is 0.133. The third-order valence-corrected chi connectivity index (χ3v) is 6.40. The van der Waals surface area contributed by atoms with Crippen molar-refractivity contribution in [2.24, 2.45) is 0 Å². The van der Waals surface area contributed by atoms with Crippen molar-refractivity contribution in [3.8, 4) is 22.6 Å². The van der Waals surface area contributed by atoms with Crippen LogP contribution in [0.1, 0.15) is 26.3 Å². The highest BCUT2D eigenvalue weighted by atomic mass is 16.5. The Morgan fingerprint density at radius 2 is 1.53 bits per heavy atom. The summed E-state index contributed by atoms with van der Waals surface area (Å²) in [7, 11) is 3.06. The van der Waals surface area contributed by atoms with Crippen molar-refractivity contribution in [1.82, 2.24) is 0 Å². The smallest absolute Gasteiger partial charge is 0.259 e. The summed E-state index contributed by atoms with van der Waals surface area (Å²) in [5, 5.41) is 2.87. The van der Waals surface area contributed by atoms with Gasteiger partial charge in [-0.1, -0.05) is 42.5 Å². The lowest BCUT2D eigenvalue weighted by atomic mass is 9.98. The zero-order valence-electron chi connectivity index (χ0n) is 20.2. The van der Waals surface area contributed by atoms with E-state index >= 15 is 0 Å². The van der Waals surface area contributed by atoms with E-state index in [0.717, 1.165) is 23.2 Å². The van der Waals surface area contributed by atoms with Gasteiger partial charge in [0.25, 0.3) is 11.8 Å². The minimum absolute atomic E-state index is 0.0787. The molecule has 4 aromatic carbocycles. The third-order valence-electron chi connectivity index (χ3n) is 6.40. The Morgan fingerprint density at radius 1 is 0.806 bits per heavy atom. The number of amides is 2. The quantitative estimate of drug-likeness (QED) is 0.392. The van der Waals surface area contributed by atoms with Crippen molar-refractivity contribution in [2.75, 3.05) is 31.0 Å². The van der Waals surface area contributed by atoms with Crippen LogP contribution in [0.3, 0.4) is 0 Å². The van der Waals surface area contributed by atoms with E-state index in [1.807, 2.05) is 35.2 Å². The molecule has 6 heteroatoms. The van der Waals surface area contributed by atoms with Crippen LogP contribution in [0, 0.1) is 0 Å². The summed E-state index contributed by atoms with van der Waals surface area (Å²) in [6, 6.07) is 28.3. The van der Waals surface area contributed by atoms with Gasteiger partial charge in [0.2, 0.25) is 0 Å². The molecule has 180 valence electrons. The normalized spacial score (nSPS) is 12.1. The van der Waals surface area contributed by atoms with E-state index in [-0.39, 0.29) is 11.8 Å². The van der Waals surface area contributed by atoms with E-state index in [0.29, 0.717) is 34.9 Å². The Morgan fingerprint density at radius 3 is 2.28 bits per heavy atom. The van der Waals surface area contributed by atoms with Crippen molar-refractivity contribution in [3.63, 3.8) is 0 Å². The SMILES string of the molecule is COc1ccc(C(=O)Nc2ccc(C(=O)N3CCc4ccccc4-c4ccccc43)cc2)c(OC)c1. The first kappa shape index (κ1) is 23.2. The molecular formula is C30H26N2O4. The average Bonchev–Trinajstić information content (AvgIpc) is 3.10. The maximum atomic E-state index is 13.6. The van der Waals surface area contributed by atoms with Crippen molar-refractivity contribution in [3.05, 3.63) is 108 Å². The van der Waals surface area contributed by atoms with Crippen LogP contribution in [0.2, 0.25) is 0 Å². The highest BCUT2D eigenvalue weighted by Gasteiger charge is 2.24. The Balaban J connectivity index is 1.36. The number of hydrogen-bond acceptors (Lipinski definition) is 4. The second-order valence-electron chi connectivity index (χ2n) is 8.48. The van der Waals surface area contributed by atoms with Crippen LogP contribution in [0.15, 0.2) is 91.0 Å². The fourth-order valence-corrected chi connectivity index (χ4v) is 4.54. The van der Waals surface area contributed by atoms with E-state index in [1.165, 1.54) is 12.7 Å². The van der Waals surface area contributed by atoms with Gasteiger partial charge >= 0.3 is 0 Å². The highest BCUT2D eigenvalue weighted by Crippen LogP contribution is 2.37. The van der Waals surface area contributed by atoms with E-state index in [4.69, 9.17) is 9.47 Å². The van der Waals surface area contributed by atoms with Gasteiger partial charge in [0.1, 0.15) is 11.5 Å². The van der Waals surface area contributed by atoms with Crippen molar-refractivity contribution in [2.45, 2.75) is 6.42 Å². The number of hydrogen-bond donors (Lipinski definition) is 1. The summed E-state index contributed by atoms with van der Waals surface area (Å²) in [4.78, 5) is 28.2. The predicted octanol–water partition coefficient (Wildman–Crippen LogP) is 5.83. The van der Waals surface area contributed by atoms with E-state index < -0.39 is 0 Å². The molecule has 4 aromatic rings. The number of carbonyl (C=O) groups is 2. The molecule has 0 radical (unpaired) electrons. The molecule has 0 aromatic heterocycles. The Labute approximate surface area is 210 Å². The molecule has 0 aliphatic carbocycles. The number of carbonyl (C=O) groups excluding carboxylic acids is 2. The number of fused-ring (bicyclic) bond motifs is 3. The van der Waals surface area contributed by atoms with Crippen LogP contribution in [-0.2, 0) is 6.42 Å². The van der Waals surface area contributed by atoms with Crippen molar-refractivity contribution < 1.29 is 19.1 Å². The summed E-state index contributed by atoms with van der Waals surface area (Å²) >= 11 is 0. The lowest BCUT2D eigenvalue weighted by Crippen LogP contribution is -2.32. The molecule has 36 heavy (non-hydrogen) atoms. The van der Waals surface area contributed by atoms with Crippen LogP contribution in [0.4, 0.5) is 11.4 Å². The van der Waals surface area contributed by atoms with Crippen LogP contribution in [-0.4, -0.2) is 32.6 Å². The minimum atomic E-state index is -0.312. The van der Waals surface area contributed by atoms with Gasteiger partial charge in [-0.3, -0.25) is 9.59 Å². The second kappa shape index (κ2) is 9.96. The van der Waals surface area contributed by atoms with Gasteiger partial charge in [0.05, 0.1) is 25.5 Å². The molecular weight excluding hydrogens is 452 g/mol. The molecule has 1 aliphatic rings. The van der Waals surface area contributed by atoms with Gasteiger partial charge in [-0.15, -0.1) is 0 Å². The van der Waals surface area contributed by atoms with Crippen LogP contribution in [0.25, 0.3) is 11.1 Å². The summed E-state index contributed by atoms with van der Waals surface area (Å²) in [5.41, 5.74) is 5.86. The molecule has 0 saturated carbocycles. The van der Waals surface area contributed by atoms with E-state index in [1.54, 1.807) is 49.6 Å². The van der Waals surface area contributed by atoms with Crippen LogP contribution < -0.4 is 19.7 Å². The molecule has 0 atom stereocenters. The first-order valence-electron chi connectivity index (χ1n) is 11.7. The fourth-order valence-electron chi connectivity index (χ4n) is 4.54. The summed E-state index contributed by atoms with van der Waals surface area (Å²) < 4.78 is 10.5. The Kier molecular flexibility index (Phi) is 6.41. The number of para-hydroxylation sites is 1. The van der Waals surface area contributed by atoms with E-state index in [2.05, 4.69) is 23.5 Å². The lowest BCUT2D eigenvalue weighted by Gasteiger charge is -2.23. The molecule has 1 aliphatic heterocycles. The number of ether oxygens (including phenoxy) is 2. The summed E-state index contributed by atoms with van der Waals surface area (Å²) in [5.74, 6) is 0.627.